The van der Waals surface area contributed by atoms with Gasteiger partial charge in [0.15, 0.2) is 5.82 Å². The first kappa shape index (κ1) is 13.6. The smallest absolute Gasteiger partial charge is 0.254 e. The van der Waals surface area contributed by atoms with Gasteiger partial charge in [-0.15, -0.1) is 5.10 Å². The van der Waals surface area contributed by atoms with Gasteiger partial charge in [0.05, 0.1) is 10.7 Å². The molecule has 1 aromatic carbocycles. The van der Waals surface area contributed by atoms with E-state index in [1.807, 2.05) is 25.1 Å². The average molecular weight is 280 g/mol. The Morgan fingerprint density at radius 2 is 2.16 bits per heavy atom. The van der Waals surface area contributed by atoms with Crippen LogP contribution in [0.2, 0.25) is 5.02 Å². The van der Waals surface area contributed by atoms with Crippen LogP contribution in [0.25, 0.3) is 5.69 Å². The van der Waals surface area contributed by atoms with E-state index in [1.54, 1.807) is 16.8 Å². The quantitative estimate of drug-likeness (QED) is 0.905. The van der Waals surface area contributed by atoms with Crippen LogP contribution >= 0.6 is 11.6 Å². The van der Waals surface area contributed by atoms with Gasteiger partial charge in [0.1, 0.15) is 6.10 Å². The number of rotatable bonds is 3. The Morgan fingerprint density at radius 3 is 2.79 bits per heavy atom. The fourth-order valence-electron chi connectivity index (χ4n) is 1.63. The third-order valence-corrected chi connectivity index (χ3v) is 2.92. The molecule has 0 bridgehead atoms. The van der Waals surface area contributed by atoms with Gasteiger partial charge in [-0.2, -0.15) is 0 Å². The highest BCUT2D eigenvalue weighted by atomic mass is 35.5. The van der Waals surface area contributed by atoms with Gasteiger partial charge in [-0.3, -0.25) is 4.79 Å². The molecule has 1 heterocycles. The van der Waals surface area contributed by atoms with Crippen molar-refractivity contribution in [3.8, 4) is 5.69 Å². The average Bonchev–Trinajstić information content (AvgIpc) is 2.70. The number of benzene rings is 1. The number of anilines is 1. The van der Waals surface area contributed by atoms with E-state index >= 15 is 0 Å². The molecule has 1 amide bonds. The number of halogens is 1. The van der Waals surface area contributed by atoms with Crippen molar-refractivity contribution < 1.29 is 9.90 Å². The summed E-state index contributed by atoms with van der Waals surface area (Å²) in [4.78, 5) is 11.4. The minimum absolute atomic E-state index is 0.378. The van der Waals surface area contributed by atoms with E-state index in [9.17, 15) is 4.79 Å². The highest BCUT2D eigenvalue weighted by Gasteiger charge is 2.13. The molecule has 0 fully saturated rings. The predicted molar refractivity (Wildman–Crippen MR) is 73.6 cm³/mol. The van der Waals surface area contributed by atoms with Crippen molar-refractivity contribution in [2.75, 3.05) is 5.32 Å². The van der Waals surface area contributed by atoms with Crippen LogP contribution in [-0.4, -0.2) is 26.9 Å². The summed E-state index contributed by atoms with van der Waals surface area (Å²) in [5.74, 6) is -0.118. The lowest BCUT2D eigenvalue weighted by Gasteiger charge is -2.06. The van der Waals surface area contributed by atoms with E-state index in [4.69, 9.17) is 16.7 Å². The number of aliphatic hydroxyl groups is 1. The maximum Gasteiger partial charge on any atom is 0.254 e. The van der Waals surface area contributed by atoms with E-state index in [-0.39, 0.29) is 0 Å². The number of amides is 1. The van der Waals surface area contributed by atoms with Crippen molar-refractivity contribution in [3.63, 3.8) is 0 Å². The number of hydrogen-bond donors (Lipinski definition) is 2. The number of nitrogens with zero attached hydrogens (tertiary/aromatic N) is 2. The maximum atomic E-state index is 11.4. The molecule has 0 aliphatic rings. The highest BCUT2D eigenvalue weighted by molar-refractivity contribution is 6.32. The van der Waals surface area contributed by atoms with Gasteiger partial charge in [-0.05, 0) is 26.0 Å². The van der Waals surface area contributed by atoms with E-state index in [1.165, 1.54) is 6.92 Å². The summed E-state index contributed by atoms with van der Waals surface area (Å²) in [6.07, 6.45) is -1.08. The van der Waals surface area contributed by atoms with Crippen LogP contribution in [-0.2, 0) is 4.79 Å². The molecule has 6 heteroatoms. The second kappa shape index (κ2) is 5.42. The molecule has 1 atom stereocenters. The first-order chi connectivity index (χ1) is 8.99. The van der Waals surface area contributed by atoms with Crippen molar-refractivity contribution in [2.45, 2.75) is 20.0 Å². The molecule has 100 valence electrons. The molecule has 2 aromatic rings. The van der Waals surface area contributed by atoms with Gasteiger partial charge in [0, 0.05) is 11.8 Å². The van der Waals surface area contributed by atoms with Crippen LogP contribution in [0.4, 0.5) is 5.82 Å². The summed E-state index contributed by atoms with van der Waals surface area (Å²) in [5.41, 5.74) is 1.56. The zero-order valence-corrected chi connectivity index (χ0v) is 11.3. The minimum Gasteiger partial charge on any atom is -0.384 e. The molecule has 0 radical (unpaired) electrons. The van der Waals surface area contributed by atoms with E-state index in [0.29, 0.717) is 10.8 Å². The Kier molecular flexibility index (Phi) is 3.87. The Hall–Kier alpha value is -1.85. The first-order valence-corrected chi connectivity index (χ1v) is 6.17. The molecular weight excluding hydrogens is 266 g/mol. The number of aryl methyl sites for hydroxylation is 1. The largest absolute Gasteiger partial charge is 0.384 e. The zero-order valence-electron chi connectivity index (χ0n) is 10.6. The highest BCUT2D eigenvalue weighted by Crippen LogP contribution is 2.22. The molecule has 0 saturated carbocycles. The molecule has 5 nitrogen and oxygen atoms in total. The van der Waals surface area contributed by atoms with Crippen molar-refractivity contribution in [3.05, 3.63) is 41.0 Å². The van der Waals surface area contributed by atoms with Gasteiger partial charge in [-0.1, -0.05) is 23.7 Å². The molecule has 2 rings (SSSR count). The van der Waals surface area contributed by atoms with Crippen molar-refractivity contribution >= 4 is 23.3 Å². The van der Waals surface area contributed by atoms with Gasteiger partial charge in [0.25, 0.3) is 5.91 Å². The van der Waals surface area contributed by atoms with E-state index < -0.39 is 12.0 Å². The van der Waals surface area contributed by atoms with Crippen molar-refractivity contribution in [1.82, 2.24) is 9.78 Å². The van der Waals surface area contributed by atoms with Gasteiger partial charge >= 0.3 is 0 Å². The monoisotopic (exact) mass is 279 g/mol. The molecule has 1 unspecified atom stereocenters. The lowest BCUT2D eigenvalue weighted by Crippen LogP contribution is -2.24. The standard InChI is InChI=1S/C13H14ClN3O2/c1-8-7-12(15-13(19)9(2)18)16-17(8)11-6-4-3-5-10(11)14/h3-7,9,18H,1-2H3,(H,15,16,19). The summed E-state index contributed by atoms with van der Waals surface area (Å²) in [7, 11) is 0. The lowest BCUT2D eigenvalue weighted by molar-refractivity contribution is -0.123. The molecule has 0 aliphatic carbocycles. The van der Waals surface area contributed by atoms with E-state index in [2.05, 4.69) is 10.4 Å². The summed E-state index contributed by atoms with van der Waals surface area (Å²) >= 11 is 6.11. The number of carbonyl (C=O) groups is 1. The second-order valence-electron chi connectivity index (χ2n) is 4.20. The Labute approximate surface area is 115 Å². The van der Waals surface area contributed by atoms with Crippen molar-refractivity contribution in [1.29, 1.82) is 0 Å². The molecule has 1 aromatic heterocycles. The summed E-state index contributed by atoms with van der Waals surface area (Å²) in [6.45, 7) is 3.25. The summed E-state index contributed by atoms with van der Waals surface area (Å²) in [6, 6.07) is 9.01. The van der Waals surface area contributed by atoms with Gasteiger partial charge in [-0.25, -0.2) is 4.68 Å². The SMILES string of the molecule is Cc1cc(NC(=O)C(C)O)nn1-c1ccccc1Cl. The number of aliphatic hydroxyl groups excluding tert-OH is 1. The lowest BCUT2D eigenvalue weighted by atomic mass is 10.3. The maximum absolute atomic E-state index is 11.4. The van der Waals surface area contributed by atoms with Gasteiger partial charge < -0.3 is 10.4 Å². The molecule has 19 heavy (non-hydrogen) atoms. The summed E-state index contributed by atoms with van der Waals surface area (Å²) in [5, 5.41) is 16.5. The Bertz CT molecular complexity index is 608. The van der Waals surface area contributed by atoms with Crippen LogP contribution in [0.5, 0.6) is 0 Å². The predicted octanol–water partition coefficient (Wildman–Crippen LogP) is 2.15. The van der Waals surface area contributed by atoms with E-state index in [0.717, 1.165) is 11.4 Å². The molecular formula is C13H14ClN3O2. The van der Waals surface area contributed by atoms with Crippen molar-refractivity contribution in [2.24, 2.45) is 0 Å². The Morgan fingerprint density at radius 1 is 1.47 bits per heavy atom. The molecule has 2 N–H and O–H groups in total. The van der Waals surface area contributed by atoms with Crippen LogP contribution in [0, 0.1) is 6.92 Å². The number of carbonyl (C=O) groups excluding carboxylic acids is 1. The fraction of sp³-hybridized carbons (Fsp3) is 0.231. The van der Waals surface area contributed by atoms with Crippen LogP contribution < -0.4 is 5.32 Å². The minimum atomic E-state index is -1.08. The normalized spacial score (nSPS) is 12.2. The number of para-hydroxylation sites is 1. The Balaban J connectivity index is 2.32. The number of aromatic nitrogens is 2. The van der Waals surface area contributed by atoms with Gasteiger partial charge in [0.2, 0.25) is 0 Å². The van der Waals surface area contributed by atoms with Crippen LogP contribution in [0.1, 0.15) is 12.6 Å². The van der Waals surface area contributed by atoms with Crippen LogP contribution in [0.3, 0.4) is 0 Å². The second-order valence-corrected chi connectivity index (χ2v) is 4.61. The summed E-state index contributed by atoms with van der Waals surface area (Å²) < 4.78 is 1.64. The number of nitrogens with one attached hydrogen (secondary N) is 1. The molecule has 0 spiro atoms. The zero-order chi connectivity index (χ0) is 14.0. The first-order valence-electron chi connectivity index (χ1n) is 5.79. The fourth-order valence-corrected chi connectivity index (χ4v) is 1.85. The molecule has 0 saturated heterocycles. The van der Waals surface area contributed by atoms with Crippen LogP contribution in [0.15, 0.2) is 30.3 Å². The molecule has 0 aliphatic heterocycles. The topological polar surface area (TPSA) is 67.2 Å². The third-order valence-electron chi connectivity index (χ3n) is 2.60. The number of hydrogen-bond acceptors (Lipinski definition) is 3. The third kappa shape index (κ3) is 2.94.